The minimum Gasteiger partial charge on any atom is -0.493 e. The molecule has 0 bridgehead atoms. The van der Waals surface area contributed by atoms with Crippen LogP contribution in [0.1, 0.15) is 68.6 Å². The maximum Gasteiger partial charge on any atom is 0.161 e. The number of carbonyl (C=O) groups excluding carboxylic acids is 1. The molecule has 0 unspecified atom stereocenters. The van der Waals surface area contributed by atoms with Crippen LogP contribution >= 0.6 is 7.26 Å². The average molecular weight is 568 g/mol. The van der Waals surface area contributed by atoms with Crippen LogP contribution in [0.25, 0.3) is 0 Å². The Morgan fingerprint density at radius 1 is 0.585 bits per heavy atom. The molecule has 0 aliphatic carbocycles. The highest BCUT2D eigenvalue weighted by molar-refractivity contribution is 7.95. The second-order valence-electron chi connectivity index (χ2n) is 10.6. The van der Waals surface area contributed by atoms with Gasteiger partial charge < -0.3 is 9.47 Å². The van der Waals surface area contributed by atoms with E-state index in [9.17, 15) is 4.79 Å². The normalized spacial score (nSPS) is 11.3. The smallest absolute Gasteiger partial charge is 0.161 e. The second-order valence-corrected chi connectivity index (χ2v) is 14.3. The van der Waals surface area contributed by atoms with Crippen LogP contribution in [0.15, 0.2) is 109 Å². The summed E-state index contributed by atoms with van der Waals surface area (Å²) < 4.78 is 11.3. The van der Waals surface area contributed by atoms with Gasteiger partial charge in [-0.15, -0.1) is 0 Å². The van der Waals surface area contributed by atoms with Crippen molar-refractivity contribution in [2.45, 2.75) is 58.3 Å². The minimum absolute atomic E-state index is 0.0272. The van der Waals surface area contributed by atoms with E-state index >= 15 is 0 Å². The fourth-order valence-electron chi connectivity index (χ4n) is 5.58. The largest absolute Gasteiger partial charge is 0.493 e. The maximum atomic E-state index is 11.6. The average Bonchev–Trinajstić information content (AvgIpc) is 3.03. The molecule has 4 aromatic carbocycles. The molecule has 4 rings (SSSR count). The molecule has 0 heterocycles. The molecule has 0 aliphatic rings. The molecule has 4 aromatic rings. The monoisotopic (exact) mass is 567 g/mol. The molecule has 0 amide bonds. The first-order chi connectivity index (χ1) is 20.1. The molecule has 41 heavy (non-hydrogen) atoms. The SMILES string of the molecule is COc1cc(C(C)=O)ccc1OCCCCCCCCCC[P+](c1ccccc1)(c1ccccc1)c1ccccc1. The van der Waals surface area contributed by atoms with Gasteiger partial charge >= 0.3 is 0 Å². The summed E-state index contributed by atoms with van der Waals surface area (Å²) in [6.45, 7) is 2.23. The number of carbonyl (C=O) groups is 1. The highest BCUT2D eigenvalue weighted by Crippen LogP contribution is 2.56. The van der Waals surface area contributed by atoms with E-state index in [2.05, 4.69) is 91.0 Å². The van der Waals surface area contributed by atoms with Crippen molar-refractivity contribution < 1.29 is 14.3 Å². The van der Waals surface area contributed by atoms with Crippen molar-refractivity contribution in [2.75, 3.05) is 19.9 Å². The Morgan fingerprint density at radius 2 is 1.05 bits per heavy atom. The lowest BCUT2D eigenvalue weighted by molar-refractivity contribution is 0.101. The lowest BCUT2D eigenvalue weighted by atomic mass is 10.1. The van der Waals surface area contributed by atoms with E-state index in [0.717, 1.165) is 6.42 Å². The number of ketones is 1. The third-order valence-electron chi connectivity index (χ3n) is 7.81. The molecular weight excluding hydrogens is 523 g/mol. The van der Waals surface area contributed by atoms with E-state index in [-0.39, 0.29) is 5.78 Å². The van der Waals surface area contributed by atoms with Gasteiger partial charge in [0.05, 0.1) is 19.9 Å². The van der Waals surface area contributed by atoms with Gasteiger partial charge in [-0.2, -0.15) is 0 Å². The Hall–Kier alpha value is -3.42. The number of unbranched alkanes of at least 4 members (excludes halogenated alkanes) is 7. The highest BCUT2D eigenvalue weighted by atomic mass is 31.2. The molecule has 0 spiro atoms. The molecule has 0 saturated heterocycles. The van der Waals surface area contributed by atoms with Crippen molar-refractivity contribution in [1.29, 1.82) is 0 Å². The zero-order chi connectivity index (χ0) is 28.8. The van der Waals surface area contributed by atoms with Crippen LogP contribution in [-0.4, -0.2) is 25.7 Å². The van der Waals surface area contributed by atoms with Gasteiger partial charge in [-0.3, -0.25) is 4.79 Å². The second kappa shape index (κ2) is 16.1. The number of rotatable bonds is 17. The lowest BCUT2D eigenvalue weighted by Crippen LogP contribution is -2.33. The quantitative estimate of drug-likeness (QED) is 0.0730. The van der Waals surface area contributed by atoms with Crippen molar-refractivity contribution in [3.8, 4) is 11.5 Å². The predicted molar refractivity (Wildman–Crippen MR) is 175 cm³/mol. The van der Waals surface area contributed by atoms with Gasteiger partial charge in [0.15, 0.2) is 17.3 Å². The summed E-state index contributed by atoms with van der Waals surface area (Å²) in [5.41, 5.74) is 0.641. The standard InChI is InChI=1S/C37H44O3P/c1-31(38)32-26-27-36(37(30-32)39-2)40-28-18-7-5-3-4-6-8-19-29-41(33-20-12-9-13-21-33,34-22-14-10-15-23-34)35-24-16-11-17-25-35/h9-17,20-27,30H,3-8,18-19,28-29H2,1-2H3/q+1. The van der Waals surface area contributed by atoms with Crippen LogP contribution in [0.5, 0.6) is 11.5 Å². The number of hydrogen-bond donors (Lipinski definition) is 0. The Bertz CT molecular complexity index is 1230. The molecule has 0 atom stereocenters. The summed E-state index contributed by atoms with van der Waals surface area (Å²) in [7, 11) is -0.0961. The van der Waals surface area contributed by atoms with Gasteiger partial charge in [0.25, 0.3) is 0 Å². The van der Waals surface area contributed by atoms with Gasteiger partial charge in [-0.25, -0.2) is 0 Å². The summed E-state index contributed by atoms with van der Waals surface area (Å²) in [5, 5.41) is 4.44. The highest BCUT2D eigenvalue weighted by Gasteiger charge is 2.44. The van der Waals surface area contributed by atoms with E-state index in [1.165, 1.54) is 67.0 Å². The Kier molecular flexibility index (Phi) is 12.0. The van der Waals surface area contributed by atoms with Crippen LogP contribution in [0.3, 0.4) is 0 Å². The van der Waals surface area contributed by atoms with Crippen molar-refractivity contribution in [2.24, 2.45) is 0 Å². The predicted octanol–water partition coefficient (Wildman–Crippen LogP) is 8.39. The molecular formula is C37H44O3P+. The van der Waals surface area contributed by atoms with Crippen LogP contribution < -0.4 is 25.4 Å². The summed E-state index contributed by atoms with van der Waals surface area (Å²) >= 11 is 0. The maximum absolute atomic E-state index is 11.6. The molecule has 4 heteroatoms. The number of methoxy groups -OCH3 is 1. The minimum atomic E-state index is -1.71. The summed E-state index contributed by atoms with van der Waals surface area (Å²) in [4.78, 5) is 11.6. The van der Waals surface area contributed by atoms with Crippen molar-refractivity contribution in [1.82, 2.24) is 0 Å². The van der Waals surface area contributed by atoms with E-state index in [1.807, 2.05) is 6.07 Å². The molecule has 0 fully saturated rings. The van der Waals surface area contributed by atoms with Crippen molar-refractivity contribution >= 4 is 29.0 Å². The molecule has 0 aliphatic heterocycles. The molecule has 214 valence electrons. The van der Waals surface area contributed by atoms with E-state index < -0.39 is 7.26 Å². The van der Waals surface area contributed by atoms with Crippen LogP contribution in [0.2, 0.25) is 0 Å². The van der Waals surface area contributed by atoms with E-state index in [1.54, 1.807) is 26.2 Å². The lowest BCUT2D eigenvalue weighted by Gasteiger charge is -2.27. The zero-order valence-corrected chi connectivity index (χ0v) is 25.5. The third-order valence-corrected chi connectivity index (χ3v) is 12.3. The van der Waals surface area contributed by atoms with E-state index in [4.69, 9.17) is 9.47 Å². The van der Waals surface area contributed by atoms with Crippen LogP contribution in [0, 0.1) is 0 Å². The number of hydrogen-bond acceptors (Lipinski definition) is 3. The fraction of sp³-hybridized carbons (Fsp3) is 0.324. The zero-order valence-electron chi connectivity index (χ0n) is 24.6. The first-order valence-electron chi connectivity index (χ1n) is 15.0. The Morgan fingerprint density at radius 3 is 1.51 bits per heavy atom. The number of Topliss-reactive ketones (excluding diaryl/α,β-unsaturated/α-hetero) is 1. The van der Waals surface area contributed by atoms with Gasteiger partial charge in [0.2, 0.25) is 0 Å². The van der Waals surface area contributed by atoms with E-state index in [0.29, 0.717) is 23.7 Å². The Labute approximate surface area is 247 Å². The Balaban J connectivity index is 1.22. The molecule has 0 N–H and O–H groups in total. The molecule has 0 radical (unpaired) electrons. The van der Waals surface area contributed by atoms with Crippen molar-refractivity contribution in [3.63, 3.8) is 0 Å². The van der Waals surface area contributed by atoms with Gasteiger partial charge in [0, 0.05) is 5.56 Å². The molecule has 0 aromatic heterocycles. The number of benzene rings is 4. The third kappa shape index (κ3) is 8.30. The number of ether oxygens (including phenoxy) is 2. The fourth-order valence-corrected chi connectivity index (χ4v) is 9.99. The summed E-state index contributed by atoms with van der Waals surface area (Å²) in [5.74, 6) is 1.35. The van der Waals surface area contributed by atoms with Crippen LogP contribution in [0.4, 0.5) is 0 Å². The van der Waals surface area contributed by atoms with Gasteiger partial charge in [0.1, 0.15) is 23.2 Å². The summed E-state index contributed by atoms with van der Waals surface area (Å²) in [6, 6.07) is 39.0. The van der Waals surface area contributed by atoms with Crippen molar-refractivity contribution in [3.05, 3.63) is 115 Å². The first-order valence-corrected chi connectivity index (χ1v) is 17.0. The van der Waals surface area contributed by atoms with Gasteiger partial charge in [-0.1, -0.05) is 86.7 Å². The van der Waals surface area contributed by atoms with Crippen LogP contribution in [-0.2, 0) is 0 Å². The molecule has 3 nitrogen and oxygen atoms in total. The molecule has 0 saturated carbocycles. The first kappa shape index (κ1) is 30.5. The van der Waals surface area contributed by atoms with Gasteiger partial charge in [-0.05, 0) is 80.8 Å². The topological polar surface area (TPSA) is 35.5 Å². The summed E-state index contributed by atoms with van der Waals surface area (Å²) in [6.07, 6.45) is 11.0.